The molecular weight excluding hydrogens is 232 g/mol. The fourth-order valence-corrected chi connectivity index (χ4v) is 2.97. The zero-order valence-corrected chi connectivity index (χ0v) is 12.5. The summed E-state index contributed by atoms with van der Waals surface area (Å²) in [5.41, 5.74) is 2.25. The van der Waals surface area contributed by atoms with Crippen molar-refractivity contribution in [1.29, 1.82) is 0 Å². The van der Waals surface area contributed by atoms with Crippen molar-refractivity contribution in [2.75, 3.05) is 0 Å². The minimum absolute atomic E-state index is 0.269. The first kappa shape index (κ1) is 14.3. The quantitative estimate of drug-likeness (QED) is 0.678. The monoisotopic (exact) mass is 258 g/mol. The highest BCUT2D eigenvalue weighted by Gasteiger charge is 2.25. The third-order valence-corrected chi connectivity index (χ3v) is 4.76. The van der Waals surface area contributed by atoms with Crippen LogP contribution in [0.5, 0.6) is 0 Å². The van der Waals surface area contributed by atoms with Gasteiger partial charge in [0.1, 0.15) is 0 Å². The molecule has 0 spiro atoms. The molecule has 1 aromatic carbocycles. The van der Waals surface area contributed by atoms with Crippen LogP contribution in [-0.2, 0) is 0 Å². The second-order valence-corrected chi connectivity index (χ2v) is 6.25. The van der Waals surface area contributed by atoms with E-state index in [-0.39, 0.29) is 5.92 Å². The Morgan fingerprint density at radius 3 is 2.26 bits per heavy atom. The van der Waals surface area contributed by atoms with Crippen LogP contribution in [0.25, 0.3) is 0 Å². The number of rotatable bonds is 4. The maximum Gasteiger partial charge on any atom is 0.165 e. The molecule has 2 rings (SSSR count). The van der Waals surface area contributed by atoms with Crippen LogP contribution in [0.1, 0.15) is 74.7 Å². The minimum atomic E-state index is 0.269. The fraction of sp³-hybridized carbons (Fsp3) is 0.611. The summed E-state index contributed by atoms with van der Waals surface area (Å²) in [6.07, 6.45) is 5.72. The zero-order valence-electron chi connectivity index (χ0n) is 12.5. The molecule has 0 bridgehead atoms. The maximum absolute atomic E-state index is 12.5. The van der Waals surface area contributed by atoms with Crippen molar-refractivity contribution in [3.05, 3.63) is 35.4 Å². The molecule has 19 heavy (non-hydrogen) atoms. The minimum Gasteiger partial charge on any atom is -0.294 e. The molecule has 1 aliphatic carbocycles. The summed E-state index contributed by atoms with van der Waals surface area (Å²) in [4.78, 5) is 12.5. The highest BCUT2D eigenvalue weighted by Crippen LogP contribution is 2.31. The Balaban J connectivity index is 2.03. The summed E-state index contributed by atoms with van der Waals surface area (Å²) < 4.78 is 0. The van der Waals surface area contributed by atoms with E-state index in [2.05, 4.69) is 32.9 Å². The molecule has 0 aromatic heterocycles. The Kier molecular flexibility index (Phi) is 4.79. The second kappa shape index (κ2) is 6.36. The van der Waals surface area contributed by atoms with E-state index in [4.69, 9.17) is 0 Å². The molecule has 104 valence electrons. The SMILES string of the molecule is CCC(C)c1ccc(C(=O)C2CCC(C)CC2)cc1. The molecule has 1 saturated carbocycles. The Morgan fingerprint density at radius 1 is 1.16 bits per heavy atom. The van der Waals surface area contributed by atoms with Crippen molar-refractivity contribution < 1.29 is 4.79 Å². The van der Waals surface area contributed by atoms with E-state index in [0.29, 0.717) is 11.7 Å². The predicted molar refractivity (Wildman–Crippen MR) is 80.6 cm³/mol. The van der Waals surface area contributed by atoms with E-state index in [1.807, 2.05) is 12.1 Å². The molecule has 0 amide bonds. The summed E-state index contributed by atoms with van der Waals surface area (Å²) in [6, 6.07) is 8.32. The van der Waals surface area contributed by atoms with Gasteiger partial charge in [0.05, 0.1) is 0 Å². The second-order valence-electron chi connectivity index (χ2n) is 6.25. The lowest BCUT2D eigenvalue weighted by molar-refractivity contribution is 0.0875. The number of hydrogen-bond donors (Lipinski definition) is 0. The molecule has 1 atom stereocenters. The molecule has 1 heteroatoms. The van der Waals surface area contributed by atoms with Crippen molar-refractivity contribution >= 4 is 5.78 Å². The molecule has 0 N–H and O–H groups in total. The van der Waals surface area contributed by atoms with Gasteiger partial charge in [-0.3, -0.25) is 4.79 Å². The molecule has 1 fully saturated rings. The highest BCUT2D eigenvalue weighted by atomic mass is 16.1. The average molecular weight is 258 g/mol. The molecule has 1 nitrogen and oxygen atoms in total. The van der Waals surface area contributed by atoms with E-state index in [1.165, 1.54) is 18.4 Å². The van der Waals surface area contributed by atoms with Gasteiger partial charge in [-0.15, -0.1) is 0 Å². The van der Waals surface area contributed by atoms with Gasteiger partial charge in [0.25, 0.3) is 0 Å². The lowest BCUT2D eigenvalue weighted by Gasteiger charge is -2.25. The summed E-state index contributed by atoms with van der Waals surface area (Å²) >= 11 is 0. The van der Waals surface area contributed by atoms with E-state index >= 15 is 0 Å². The Hall–Kier alpha value is -1.11. The van der Waals surface area contributed by atoms with Gasteiger partial charge in [0.15, 0.2) is 5.78 Å². The van der Waals surface area contributed by atoms with Gasteiger partial charge in [-0.25, -0.2) is 0 Å². The number of benzene rings is 1. The molecule has 1 aliphatic rings. The predicted octanol–water partition coefficient (Wildman–Crippen LogP) is 5.21. The van der Waals surface area contributed by atoms with Gasteiger partial charge >= 0.3 is 0 Å². The number of Topliss-reactive ketones (excluding diaryl/α,β-unsaturated/α-hetero) is 1. The normalized spacial score (nSPS) is 25.0. The van der Waals surface area contributed by atoms with Crippen LogP contribution in [0.15, 0.2) is 24.3 Å². The summed E-state index contributed by atoms with van der Waals surface area (Å²) in [7, 11) is 0. The third-order valence-electron chi connectivity index (χ3n) is 4.76. The van der Waals surface area contributed by atoms with Gasteiger partial charge in [-0.05, 0) is 36.7 Å². The van der Waals surface area contributed by atoms with E-state index in [1.54, 1.807) is 0 Å². The fourth-order valence-electron chi connectivity index (χ4n) is 2.97. The Morgan fingerprint density at radius 2 is 1.74 bits per heavy atom. The van der Waals surface area contributed by atoms with E-state index in [9.17, 15) is 4.79 Å². The van der Waals surface area contributed by atoms with Crippen LogP contribution in [0.3, 0.4) is 0 Å². The first-order valence-electron chi connectivity index (χ1n) is 7.76. The van der Waals surface area contributed by atoms with E-state index < -0.39 is 0 Å². The Bertz CT molecular complexity index is 410. The van der Waals surface area contributed by atoms with Crippen LogP contribution in [0, 0.1) is 11.8 Å². The molecule has 1 aromatic rings. The standard InChI is InChI=1S/C18H26O/c1-4-14(3)15-9-11-17(12-10-15)18(19)16-7-5-13(2)6-8-16/h9-14,16H,4-8H2,1-3H3. The number of carbonyl (C=O) groups excluding carboxylic acids is 1. The molecule has 0 heterocycles. The summed E-state index contributed by atoms with van der Waals surface area (Å²) in [6.45, 7) is 6.73. The van der Waals surface area contributed by atoms with Crippen molar-refractivity contribution in [3.63, 3.8) is 0 Å². The zero-order chi connectivity index (χ0) is 13.8. The number of ketones is 1. The highest BCUT2D eigenvalue weighted by molar-refractivity contribution is 5.97. The van der Waals surface area contributed by atoms with Gasteiger partial charge in [0.2, 0.25) is 0 Å². The summed E-state index contributed by atoms with van der Waals surface area (Å²) in [5, 5.41) is 0. The molecule has 0 radical (unpaired) electrons. The van der Waals surface area contributed by atoms with Crippen LogP contribution < -0.4 is 0 Å². The summed E-state index contributed by atoms with van der Waals surface area (Å²) in [5.74, 6) is 2.02. The lowest BCUT2D eigenvalue weighted by Crippen LogP contribution is -2.20. The van der Waals surface area contributed by atoms with Crippen LogP contribution >= 0.6 is 0 Å². The first-order chi connectivity index (χ1) is 9.11. The van der Waals surface area contributed by atoms with Crippen molar-refractivity contribution in [2.24, 2.45) is 11.8 Å². The van der Waals surface area contributed by atoms with Crippen molar-refractivity contribution in [1.82, 2.24) is 0 Å². The Labute approximate surface area is 117 Å². The number of hydrogen-bond acceptors (Lipinski definition) is 1. The molecule has 0 aliphatic heterocycles. The largest absolute Gasteiger partial charge is 0.294 e. The average Bonchev–Trinajstić information content (AvgIpc) is 2.46. The molecule has 0 saturated heterocycles. The topological polar surface area (TPSA) is 17.1 Å². The van der Waals surface area contributed by atoms with Crippen molar-refractivity contribution in [2.45, 2.75) is 58.8 Å². The van der Waals surface area contributed by atoms with Crippen molar-refractivity contribution in [3.8, 4) is 0 Å². The number of carbonyl (C=O) groups is 1. The van der Waals surface area contributed by atoms with Gasteiger partial charge < -0.3 is 0 Å². The smallest absolute Gasteiger partial charge is 0.165 e. The van der Waals surface area contributed by atoms with Crippen LogP contribution in [0.4, 0.5) is 0 Å². The van der Waals surface area contributed by atoms with Gasteiger partial charge in [-0.1, -0.05) is 57.9 Å². The van der Waals surface area contributed by atoms with Crippen LogP contribution in [-0.4, -0.2) is 5.78 Å². The van der Waals surface area contributed by atoms with Gasteiger partial charge in [0, 0.05) is 11.5 Å². The first-order valence-corrected chi connectivity index (χ1v) is 7.76. The van der Waals surface area contributed by atoms with E-state index in [0.717, 1.165) is 30.7 Å². The maximum atomic E-state index is 12.5. The third kappa shape index (κ3) is 3.46. The van der Waals surface area contributed by atoms with Gasteiger partial charge in [-0.2, -0.15) is 0 Å². The molecular formula is C18H26O. The van der Waals surface area contributed by atoms with Crippen LogP contribution in [0.2, 0.25) is 0 Å². The lowest BCUT2D eigenvalue weighted by atomic mass is 9.79. The molecule has 1 unspecified atom stereocenters.